The van der Waals surface area contributed by atoms with Crippen LogP contribution >= 0.6 is 0 Å². The van der Waals surface area contributed by atoms with Crippen molar-refractivity contribution in [1.82, 2.24) is 4.90 Å². The first-order valence-electron chi connectivity index (χ1n) is 6.34. The van der Waals surface area contributed by atoms with Crippen LogP contribution in [0.15, 0.2) is 0 Å². The van der Waals surface area contributed by atoms with Crippen molar-refractivity contribution in [1.29, 1.82) is 0 Å². The minimum Gasteiger partial charge on any atom is -0.391 e. The van der Waals surface area contributed by atoms with E-state index in [-0.39, 0.29) is 6.10 Å². The summed E-state index contributed by atoms with van der Waals surface area (Å²) in [5.41, 5.74) is 5.84. The molecule has 0 aromatic heterocycles. The highest BCUT2D eigenvalue weighted by Crippen LogP contribution is 2.36. The number of rotatable bonds is 4. The first-order valence-corrected chi connectivity index (χ1v) is 6.34. The zero-order chi connectivity index (χ0) is 10.8. The van der Waals surface area contributed by atoms with Gasteiger partial charge in [0.25, 0.3) is 0 Å². The Bertz CT molecular complexity index is 206. The highest BCUT2D eigenvalue weighted by atomic mass is 16.3. The second kappa shape index (κ2) is 4.81. The fourth-order valence-corrected chi connectivity index (χ4v) is 2.98. The van der Waals surface area contributed by atoms with E-state index in [0.717, 1.165) is 25.3 Å². The fraction of sp³-hybridized carbons (Fsp3) is 1.00. The first kappa shape index (κ1) is 11.4. The average Bonchev–Trinajstić information content (AvgIpc) is 3.03. The summed E-state index contributed by atoms with van der Waals surface area (Å²) in [5.74, 6) is 0.800. The summed E-state index contributed by atoms with van der Waals surface area (Å²) >= 11 is 0. The summed E-state index contributed by atoms with van der Waals surface area (Å²) < 4.78 is 0. The number of nitrogens with zero attached hydrogens (tertiary/aromatic N) is 1. The van der Waals surface area contributed by atoms with E-state index in [1.807, 2.05) is 0 Å². The Balaban J connectivity index is 1.94. The predicted molar refractivity (Wildman–Crippen MR) is 61.6 cm³/mol. The summed E-state index contributed by atoms with van der Waals surface area (Å²) in [5, 5.41) is 10.0. The van der Waals surface area contributed by atoms with Crippen molar-refractivity contribution < 1.29 is 5.11 Å². The Labute approximate surface area is 92.6 Å². The highest BCUT2D eigenvalue weighted by Gasteiger charge is 2.37. The molecule has 3 unspecified atom stereocenters. The molecule has 0 heterocycles. The maximum absolute atomic E-state index is 10.0. The monoisotopic (exact) mass is 212 g/mol. The summed E-state index contributed by atoms with van der Waals surface area (Å²) in [6, 6.07) is 0.857. The molecule has 3 heteroatoms. The third-order valence-corrected chi connectivity index (χ3v) is 4.15. The lowest BCUT2D eigenvalue weighted by Gasteiger charge is -2.39. The molecule has 2 aliphatic carbocycles. The number of aliphatic hydroxyl groups is 1. The Morgan fingerprint density at radius 2 is 1.93 bits per heavy atom. The molecule has 15 heavy (non-hydrogen) atoms. The molecule has 88 valence electrons. The van der Waals surface area contributed by atoms with Crippen molar-refractivity contribution in [3.05, 3.63) is 0 Å². The van der Waals surface area contributed by atoms with Gasteiger partial charge in [0.1, 0.15) is 0 Å². The average molecular weight is 212 g/mol. The van der Waals surface area contributed by atoms with Gasteiger partial charge in [-0.15, -0.1) is 0 Å². The van der Waals surface area contributed by atoms with Crippen LogP contribution in [0.4, 0.5) is 0 Å². The molecule has 0 aliphatic heterocycles. The van der Waals surface area contributed by atoms with Crippen LogP contribution in [0.2, 0.25) is 0 Å². The molecule has 0 aromatic rings. The molecule has 3 nitrogen and oxygen atoms in total. The molecule has 0 bridgehead atoms. The van der Waals surface area contributed by atoms with Crippen molar-refractivity contribution >= 4 is 0 Å². The first-order chi connectivity index (χ1) is 7.24. The zero-order valence-corrected chi connectivity index (χ0v) is 9.73. The second-order valence-corrected chi connectivity index (χ2v) is 5.23. The lowest BCUT2D eigenvalue weighted by atomic mass is 9.90. The Morgan fingerprint density at radius 3 is 2.47 bits per heavy atom. The molecule has 2 saturated carbocycles. The lowest BCUT2D eigenvalue weighted by molar-refractivity contribution is 0.00990. The minimum atomic E-state index is -0.128. The molecule has 3 N–H and O–H groups in total. The topological polar surface area (TPSA) is 49.5 Å². The molecular formula is C12H24N2O. The maximum Gasteiger partial charge on any atom is 0.0695 e. The van der Waals surface area contributed by atoms with Crippen molar-refractivity contribution in [2.45, 2.75) is 56.7 Å². The van der Waals surface area contributed by atoms with Gasteiger partial charge >= 0.3 is 0 Å². The summed E-state index contributed by atoms with van der Waals surface area (Å²) in [6.45, 7) is 0.740. The molecule has 2 aliphatic rings. The van der Waals surface area contributed by atoms with E-state index in [1.54, 1.807) is 0 Å². The lowest BCUT2D eigenvalue weighted by Crippen LogP contribution is -2.51. The van der Waals surface area contributed by atoms with Gasteiger partial charge in [0.05, 0.1) is 6.10 Å². The van der Waals surface area contributed by atoms with E-state index >= 15 is 0 Å². The van der Waals surface area contributed by atoms with Crippen molar-refractivity contribution in [2.24, 2.45) is 11.7 Å². The van der Waals surface area contributed by atoms with E-state index in [0.29, 0.717) is 12.1 Å². The van der Waals surface area contributed by atoms with E-state index in [9.17, 15) is 5.11 Å². The number of hydrogen-bond acceptors (Lipinski definition) is 3. The minimum absolute atomic E-state index is 0.128. The largest absolute Gasteiger partial charge is 0.391 e. The number of aliphatic hydroxyl groups excluding tert-OH is 1. The molecule has 2 rings (SSSR count). The molecule has 0 aromatic carbocycles. The third-order valence-electron chi connectivity index (χ3n) is 4.15. The van der Waals surface area contributed by atoms with Crippen LogP contribution in [0.3, 0.4) is 0 Å². The van der Waals surface area contributed by atoms with Gasteiger partial charge in [-0.2, -0.15) is 0 Å². The number of nitrogens with two attached hydrogens (primary N) is 1. The van der Waals surface area contributed by atoms with E-state index in [4.69, 9.17) is 5.73 Å². The summed E-state index contributed by atoms with van der Waals surface area (Å²) in [6.07, 6.45) is 7.08. The maximum atomic E-state index is 10.0. The zero-order valence-electron chi connectivity index (χ0n) is 9.73. The quantitative estimate of drug-likeness (QED) is 0.730. The van der Waals surface area contributed by atoms with Gasteiger partial charge in [0.15, 0.2) is 0 Å². The number of likely N-dealkylation sites (N-methyl/N-ethyl adjacent to an activating group) is 1. The Hall–Kier alpha value is -0.120. The standard InChI is InChI=1S/C12H24N2O/c1-14(11(8-13)9-6-7-9)10-4-2-3-5-12(10)15/h9-12,15H,2-8,13H2,1H3. The van der Waals surface area contributed by atoms with Crippen molar-refractivity contribution in [2.75, 3.05) is 13.6 Å². The van der Waals surface area contributed by atoms with Crippen molar-refractivity contribution in [3.63, 3.8) is 0 Å². The molecule has 3 atom stereocenters. The molecule has 2 fully saturated rings. The van der Waals surface area contributed by atoms with Crippen LogP contribution < -0.4 is 5.73 Å². The highest BCUT2D eigenvalue weighted by molar-refractivity contribution is 4.92. The van der Waals surface area contributed by atoms with Crippen LogP contribution in [-0.4, -0.2) is 41.8 Å². The van der Waals surface area contributed by atoms with Gasteiger partial charge in [0, 0.05) is 18.6 Å². The van der Waals surface area contributed by atoms with Crippen LogP contribution in [0, 0.1) is 5.92 Å². The van der Waals surface area contributed by atoms with E-state index in [1.165, 1.54) is 25.7 Å². The van der Waals surface area contributed by atoms with E-state index < -0.39 is 0 Å². The van der Waals surface area contributed by atoms with Crippen LogP contribution in [0.5, 0.6) is 0 Å². The second-order valence-electron chi connectivity index (χ2n) is 5.23. The van der Waals surface area contributed by atoms with Gasteiger partial charge in [-0.1, -0.05) is 12.8 Å². The molecule has 0 radical (unpaired) electrons. The summed E-state index contributed by atoms with van der Waals surface area (Å²) in [4.78, 5) is 2.36. The van der Waals surface area contributed by atoms with Gasteiger partial charge < -0.3 is 10.8 Å². The normalized spacial score (nSPS) is 34.4. The molecule has 0 spiro atoms. The van der Waals surface area contributed by atoms with Crippen LogP contribution in [-0.2, 0) is 0 Å². The van der Waals surface area contributed by atoms with Crippen LogP contribution in [0.1, 0.15) is 38.5 Å². The van der Waals surface area contributed by atoms with Crippen LogP contribution in [0.25, 0.3) is 0 Å². The van der Waals surface area contributed by atoms with Crippen molar-refractivity contribution in [3.8, 4) is 0 Å². The SMILES string of the molecule is CN(C1CCCCC1O)C(CN)C1CC1. The van der Waals surface area contributed by atoms with Gasteiger partial charge in [0.2, 0.25) is 0 Å². The summed E-state index contributed by atoms with van der Waals surface area (Å²) in [7, 11) is 2.15. The Kier molecular flexibility index (Phi) is 3.65. The van der Waals surface area contributed by atoms with E-state index in [2.05, 4.69) is 11.9 Å². The molecule has 0 amide bonds. The fourth-order valence-electron chi connectivity index (χ4n) is 2.98. The van der Waals surface area contributed by atoms with Gasteiger partial charge in [-0.3, -0.25) is 4.90 Å². The Morgan fingerprint density at radius 1 is 1.27 bits per heavy atom. The third kappa shape index (κ3) is 2.52. The van der Waals surface area contributed by atoms with Gasteiger partial charge in [-0.25, -0.2) is 0 Å². The smallest absolute Gasteiger partial charge is 0.0695 e. The number of hydrogen-bond donors (Lipinski definition) is 2. The predicted octanol–water partition coefficient (Wildman–Crippen LogP) is 0.959. The van der Waals surface area contributed by atoms with Gasteiger partial charge in [-0.05, 0) is 38.6 Å². The molecular weight excluding hydrogens is 188 g/mol. The molecule has 0 saturated heterocycles.